The number of carboxylic acid groups (broad SMARTS) is 1. The topological polar surface area (TPSA) is 57.6 Å². The largest absolute Gasteiger partial charge is 0.481 e. The number of rotatable bonds is 4. The van der Waals surface area contributed by atoms with Gasteiger partial charge in [-0.3, -0.25) is 9.59 Å². The van der Waals surface area contributed by atoms with E-state index in [1.807, 2.05) is 32.9 Å². The van der Waals surface area contributed by atoms with Gasteiger partial charge in [0.25, 0.3) is 0 Å². The van der Waals surface area contributed by atoms with Crippen molar-refractivity contribution in [2.75, 3.05) is 11.9 Å². The molecule has 4 nitrogen and oxygen atoms in total. The van der Waals surface area contributed by atoms with Crippen LogP contribution < -0.4 is 4.90 Å². The molecule has 1 unspecified atom stereocenters. The Morgan fingerprint density at radius 2 is 1.68 bits per heavy atom. The van der Waals surface area contributed by atoms with Gasteiger partial charge in [0.15, 0.2) is 0 Å². The fraction of sp³-hybridized carbons (Fsp3) is 0.467. The predicted molar refractivity (Wildman–Crippen MR) is 75.5 cm³/mol. The van der Waals surface area contributed by atoms with E-state index in [2.05, 4.69) is 0 Å². The molecule has 0 aliphatic rings. The van der Waals surface area contributed by atoms with Gasteiger partial charge in [-0.25, -0.2) is 0 Å². The van der Waals surface area contributed by atoms with Gasteiger partial charge in [0.1, 0.15) is 5.92 Å². The molecule has 1 atom stereocenters. The molecule has 0 aliphatic heterocycles. The van der Waals surface area contributed by atoms with Crippen LogP contribution in [0.4, 0.5) is 5.69 Å². The normalized spacial score (nSPS) is 12.1. The summed E-state index contributed by atoms with van der Waals surface area (Å²) in [6.45, 7) is 7.57. The lowest BCUT2D eigenvalue weighted by Gasteiger charge is -2.24. The molecule has 0 fully saturated rings. The number of carboxylic acids is 1. The summed E-state index contributed by atoms with van der Waals surface area (Å²) in [4.78, 5) is 24.8. The summed E-state index contributed by atoms with van der Waals surface area (Å²) in [6, 6.07) is 3.99. The molecule has 1 N–H and O–H groups in total. The Kier molecular flexibility index (Phi) is 4.70. The molecule has 0 bridgehead atoms. The molecular formula is C15H21NO3. The summed E-state index contributed by atoms with van der Waals surface area (Å²) < 4.78 is 0. The third kappa shape index (κ3) is 3.13. The van der Waals surface area contributed by atoms with Gasteiger partial charge in [-0.2, -0.15) is 0 Å². The predicted octanol–water partition coefficient (Wildman–Crippen LogP) is 2.69. The number of aliphatic carboxylic acids is 1. The van der Waals surface area contributed by atoms with Crippen LogP contribution in [-0.4, -0.2) is 24.0 Å². The van der Waals surface area contributed by atoms with E-state index in [4.69, 9.17) is 5.11 Å². The number of carbonyl (C=O) groups excluding carboxylic acids is 1. The molecule has 19 heavy (non-hydrogen) atoms. The van der Waals surface area contributed by atoms with Gasteiger partial charge in [0.05, 0.1) is 0 Å². The minimum atomic E-state index is -1.07. The number of amides is 1. The second-order valence-electron chi connectivity index (χ2n) is 4.94. The molecule has 1 amide bonds. The Morgan fingerprint density at radius 3 is 2.05 bits per heavy atom. The Hall–Kier alpha value is -1.84. The van der Waals surface area contributed by atoms with E-state index in [1.54, 1.807) is 14.0 Å². The molecule has 0 spiro atoms. The number of hydrogen-bond donors (Lipinski definition) is 1. The van der Waals surface area contributed by atoms with E-state index >= 15 is 0 Å². The van der Waals surface area contributed by atoms with Crippen LogP contribution in [0.15, 0.2) is 12.1 Å². The smallest absolute Gasteiger partial charge is 0.316 e. The summed E-state index contributed by atoms with van der Waals surface area (Å²) in [5.41, 5.74) is 3.89. The number of carbonyl (C=O) groups is 2. The van der Waals surface area contributed by atoms with Crippen molar-refractivity contribution in [2.45, 2.75) is 34.1 Å². The van der Waals surface area contributed by atoms with Crippen molar-refractivity contribution in [3.05, 3.63) is 28.8 Å². The average molecular weight is 263 g/mol. The molecule has 1 rings (SSSR count). The Morgan fingerprint density at radius 1 is 1.21 bits per heavy atom. The van der Waals surface area contributed by atoms with Crippen molar-refractivity contribution in [3.63, 3.8) is 0 Å². The lowest BCUT2D eigenvalue weighted by atomic mass is 10.0. The molecular weight excluding hydrogens is 242 g/mol. The number of anilines is 1. The highest BCUT2D eigenvalue weighted by Crippen LogP contribution is 2.26. The number of nitrogens with zero attached hydrogens (tertiary/aromatic N) is 1. The van der Waals surface area contributed by atoms with E-state index in [-0.39, 0.29) is 5.91 Å². The van der Waals surface area contributed by atoms with E-state index in [1.165, 1.54) is 4.90 Å². The van der Waals surface area contributed by atoms with Crippen molar-refractivity contribution in [1.29, 1.82) is 0 Å². The molecule has 0 aliphatic carbocycles. The molecule has 1 aromatic rings. The van der Waals surface area contributed by atoms with Crippen LogP contribution in [0.25, 0.3) is 0 Å². The van der Waals surface area contributed by atoms with Crippen LogP contribution in [0, 0.1) is 26.7 Å². The van der Waals surface area contributed by atoms with Crippen LogP contribution in [0.2, 0.25) is 0 Å². The SMILES string of the molecule is CCC(C(=O)O)C(=O)N(C)c1c(C)cc(C)cc1C. The Labute approximate surface area is 114 Å². The van der Waals surface area contributed by atoms with E-state index in [0.717, 1.165) is 22.4 Å². The first-order valence-electron chi connectivity index (χ1n) is 6.37. The Bertz CT molecular complexity index is 485. The van der Waals surface area contributed by atoms with Gasteiger partial charge >= 0.3 is 5.97 Å². The van der Waals surface area contributed by atoms with Gasteiger partial charge in [0.2, 0.25) is 5.91 Å². The Balaban J connectivity index is 3.17. The molecule has 0 aromatic heterocycles. The number of aryl methyl sites for hydroxylation is 3. The molecule has 104 valence electrons. The third-order valence-corrected chi connectivity index (χ3v) is 3.31. The number of hydrogen-bond acceptors (Lipinski definition) is 2. The van der Waals surface area contributed by atoms with Gasteiger partial charge in [0, 0.05) is 12.7 Å². The first kappa shape index (κ1) is 15.2. The van der Waals surface area contributed by atoms with E-state index < -0.39 is 11.9 Å². The highest BCUT2D eigenvalue weighted by atomic mass is 16.4. The van der Waals surface area contributed by atoms with Crippen LogP contribution >= 0.6 is 0 Å². The third-order valence-electron chi connectivity index (χ3n) is 3.31. The van der Waals surface area contributed by atoms with Crippen LogP contribution in [0.5, 0.6) is 0 Å². The van der Waals surface area contributed by atoms with E-state index in [0.29, 0.717) is 6.42 Å². The standard InChI is InChI=1S/C15H21NO3/c1-6-12(15(18)19)14(17)16(5)13-10(3)7-9(2)8-11(13)4/h7-8,12H,6H2,1-5H3,(H,18,19). The minimum absolute atomic E-state index is 0.294. The van der Waals surface area contributed by atoms with Crippen LogP contribution in [0.1, 0.15) is 30.0 Å². The lowest BCUT2D eigenvalue weighted by molar-refractivity contribution is -0.146. The molecule has 4 heteroatoms. The maximum atomic E-state index is 12.3. The first-order chi connectivity index (χ1) is 8.79. The number of benzene rings is 1. The van der Waals surface area contributed by atoms with Crippen molar-refractivity contribution in [1.82, 2.24) is 0 Å². The molecule has 0 heterocycles. The highest BCUT2D eigenvalue weighted by Gasteiger charge is 2.28. The second-order valence-corrected chi connectivity index (χ2v) is 4.94. The van der Waals surface area contributed by atoms with Gasteiger partial charge in [-0.15, -0.1) is 0 Å². The van der Waals surface area contributed by atoms with Crippen molar-refractivity contribution >= 4 is 17.6 Å². The maximum Gasteiger partial charge on any atom is 0.316 e. The van der Waals surface area contributed by atoms with Crippen molar-refractivity contribution < 1.29 is 14.7 Å². The summed E-state index contributed by atoms with van der Waals surface area (Å²) in [7, 11) is 1.64. The fourth-order valence-electron chi connectivity index (χ4n) is 2.50. The molecule has 0 saturated carbocycles. The lowest BCUT2D eigenvalue weighted by Crippen LogP contribution is -2.37. The van der Waals surface area contributed by atoms with E-state index in [9.17, 15) is 9.59 Å². The van der Waals surface area contributed by atoms with Crippen molar-refractivity contribution in [3.8, 4) is 0 Å². The summed E-state index contributed by atoms with van der Waals surface area (Å²) >= 11 is 0. The van der Waals surface area contributed by atoms with Crippen LogP contribution in [0.3, 0.4) is 0 Å². The molecule has 0 saturated heterocycles. The van der Waals surface area contributed by atoms with Crippen LogP contribution in [-0.2, 0) is 9.59 Å². The average Bonchev–Trinajstić information content (AvgIpc) is 2.27. The molecule has 1 aromatic carbocycles. The molecule has 0 radical (unpaired) electrons. The fourth-order valence-corrected chi connectivity index (χ4v) is 2.50. The monoisotopic (exact) mass is 263 g/mol. The summed E-state index contributed by atoms with van der Waals surface area (Å²) in [6.07, 6.45) is 0.294. The minimum Gasteiger partial charge on any atom is -0.481 e. The quantitative estimate of drug-likeness (QED) is 0.850. The zero-order valence-corrected chi connectivity index (χ0v) is 12.2. The maximum absolute atomic E-state index is 12.3. The summed E-state index contributed by atoms with van der Waals surface area (Å²) in [5.74, 6) is -2.42. The summed E-state index contributed by atoms with van der Waals surface area (Å²) in [5, 5.41) is 9.07. The van der Waals surface area contributed by atoms with Gasteiger partial charge in [-0.05, 0) is 38.3 Å². The first-order valence-corrected chi connectivity index (χ1v) is 6.37. The second kappa shape index (κ2) is 5.87. The van der Waals surface area contributed by atoms with Crippen molar-refractivity contribution in [2.24, 2.45) is 5.92 Å². The zero-order chi connectivity index (χ0) is 14.7. The highest BCUT2D eigenvalue weighted by molar-refractivity contribution is 6.06. The van der Waals surface area contributed by atoms with Gasteiger partial charge in [-0.1, -0.05) is 24.6 Å². The zero-order valence-electron chi connectivity index (χ0n) is 12.2. The van der Waals surface area contributed by atoms with Gasteiger partial charge < -0.3 is 10.0 Å².